The van der Waals surface area contributed by atoms with E-state index in [-0.39, 0.29) is 0 Å². The van der Waals surface area contributed by atoms with Crippen molar-refractivity contribution in [3.63, 3.8) is 0 Å². The maximum Gasteiger partial charge on any atom is 0.124 e. The Balaban J connectivity index is 1.96. The summed E-state index contributed by atoms with van der Waals surface area (Å²) in [5.74, 6) is 0.906. The summed E-state index contributed by atoms with van der Waals surface area (Å²) >= 11 is 0. The Morgan fingerprint density at radius 3 is 2.88 bits per heavy atom. The third kappa shape index (κ3) is 3.07. The van der Waals surface area contributed by atoms with Gasteiger partial charge in [0.2, 0.25) is 0 Å². The second kappa shape index (κ2) is 5.50. The molecule has 17 heavy (non-hydrogen) atoms. The van der Waals surface area contributed by atoms with Crippen molar-refractivity contribution in [3.8, 4) is 5.75 Å². The fraction of sp³-hybridized carbons (Fsp3) is 0.308. The summed E-state index contributed by atoms with van der Waals surface area (Å²) in [6, 6.07) is 8.00. The number of benzene rings is 1. The molecule has 0 saturated heterocycles. The second-order valence-corrected chi connectivity index (χ2v) is 3.91. The summed E-state index contributed by atoms with van der Waals surface area (Å²) in [5.41, 5.74) is 3.27. The van der Waals surface area contributed by atoms with Crippen LogP contribution < -0.4 is 10.1 Å². The predicted octanol–water partition coefficient (Wildman–Crippen LogP) is 2.28. The van der Waals surface area contributed by atoms with Crippen LogP contribution in [0.25, 0.3) is 0 Å². The largest absolute Gasteiger partial charge is 0.496 e. The Hall–Kier alpha value is -1.81. The van der Waals surface area contributed by atoms with Crippen LogP contribution in [-0.2, 0) is 13.1 Å². The molecule has 0 spiro atoms. The molecule has 0 unspecified atom stereocenters. The molecule has 0 aliphatic carbocycles. The molecule has 4 nitrogen and oxygen atoms in total. The van der Waals surface area contributed by atoms with E-state index in [4.69, 9.17) is 9.26 Å². The lowest BCUT2D eigenvalue weighted by Gasteiger charge is -2.09. The normalized spacial score (nSPS) is 10.5. The van der Waals surface area contributed by atoms with Gasteiger partial charge in [-0.15, -0.1) is 0 Å². The van der Waals surface area contributed by atoms with Crippen LogP contribution in [0.4, 0.5) is 0 Å². The molecule has 1 aromatic carbocycles. The number of hydrogen-bond acceptors (Lipinski definition) is 4. The Bertz CT molecular complexity index is 466. The molecule has 0 amide bonds. The van der Waals surface area contributed by atoms with E-state index in [1.165, 1.54) is 5.56 Å². The van der Waals surface area contributed by atoms with Gasteiger partial charge in [0.25, 0.3) is 0 Å². The summed E-state index contributed by atoms with van der Waals surface area (Å²) < 4.78 is 10.1. The molecule has 0 radical (unpaired) electrons. The van der Waals surface area contributed by atoms with Crippen LogP contribution in [0, 0.1) is 6.92 Å². The summed E-state index contributed by atoms with van der Waals surface area (Å²) in [7, 11) is 1.69. The zero-order chi connectivity index (χ0) is 12.1. The fourth-order valence-corrected chi connectivity index (χ4v) is 1.70. The van der Waals surface area contributed by atoms with Gasteiger partial charge in [-0.3, -0.25) is 0 Å². The Labute approximate surface area is 101 Å². The molecular weight excluding hydrogens is 216 g/mol. The van der Waals surface area contributed by atoms with Crippen LogP contribution in [0.5, 0.6) is 5.75 Å². The number of methoxy groups -OCH3 is 1. The van der Waals surface area contributed by atoms with Crippen LogP contribution in [0.1, 0.15) is 16.8 Å². The molecule has 4 heteroatoms. The number of rotatable bonds is 5. The number of hydrogen-bond donors (Lipinski definition) is 1. The van der Waals surface area contributed by atoms with Crippen molar-refractivity contribution in [1.82, 2.24) is 10.5 Å². The third-order valence-corrected chi connectivity index (χ3v) is 2.55. The van der Waals surface area contributed by atoms with Crippen molar-refractivity contribution >= 4 is 0 Å². The summed E-state index contributed by atoms with van der Waals surface area (Å²) in [6.45, 7) is 3.51. The highest BCUT2D eigenvalue weighted by molar-refractivity contribution is 5.36. The van der Waals surface area contributed by atoms with Gasteiger partial charge >= 0.3 is 0 Å². The molecule has 0 aliphatic heterocycles. The predicted molar refractivity (Wildman–Crippen MR) is 64.8 cm³/mol. The van der Waals surface area contributed by atoms with Crippen LogP contribution >= 0.6 is 0 Å². The lowest BCUT2D eigenvalue weighted by molar-refractivity contribution is 0.403. The highest BCUT2D eigenvalue weighted by Gasteiger charge is 2.03. The zero-order valence-electron chi connectivity index (χ0n) is 10.1. The van der Waals surface area contributed by atoms with Gasteiger partial charge in [0.15, 0.2) is 0 Å². The zero-order valence-corrected chi connectivity index (χ0v) is 10.1. The molecule has 0 fully saturated rings. The van der Waals surface area contributed by atoms with Crippen LogP contribution in [-0.4, -0.2) is 12.3 Å². The lowest BCUT2D eigenvalue weighted by Crippen LogP contribution is -2.13. The Kier molecular flexibility index (Phi) is 3.77. The highest BCUT2D eigenvalue weighted by Crippen LogP contribution is 2.19. The van der Waals surface area contributed by atoms with E-state index in [1.807, 2.05) is 18.2 Å². The minimum Gasteiger partial charge on any atom is -0.496 e. The van der Waals surface area contributed by atoms with Crippen molar-refractivity contribution in [2.45, 2.75) is 20.0 Å². The number of nitrogens with zero attached hydrogens (tertiary/aromatic N) is 1. The molecule has 1 heterocycles. The third-order valence-electron chi connectivity index (χ3n) is 2.55. The van der Waals surface area contributed by atoms with E-state index >= 15 is 0 Å². The van der Waals surface area contributed by atoms with E-state index in [9.17, 15) is 0 Å². The van der Waals surface area contributed by atoms with Crippen LogP contribution in [0.15, 0.2) is 35.1 Å². The molecule has 0 aliphatic rings. The first kappa shape index (κ1) is 11.7. The molecule has 0 atom stereocenters. The maximum absolute atomic E-state index is 5.31. The van der Waals surface area contributed by atoms with Gasteiger partial charge in [-0.1, -0.05) is 22.9 Å². The topological polar surface area (TPSA) is 47.3 Å². The van der Waals surface area contributed by atoms with E-state index in [0.29, 0.717) is 6.54 Å². The first-order valence-electron chi connectivity index (χ1n) is 5.53. The fourth-order valence-electron chi connectivity index (χ4n) is 1.70. The standard InChI is InChI=1S/C13H16N2O2/c1-10-3-4-13(16-2)11(7-10)8-14-9-12-5-6-17-15-12/h3-7,14H,8-9H2,1-2H3. The van der Waals surface area contributed by atoms with E-state index in [1.54, 1.807) is 13.4 Å². The molecule has 2 rings (SSSR count). The van der Waals surface area contributed by atoms with Gasteiger partial charge in [0.05, 0.1) is 12.8 Å². The van der Waals surface area contributed by atoms with Crippen molar-refractivity contribution in [3.05, 3.63) is 47.3 Å². The minimum atomic E-state index is 0.688. The molecule has 1 N–H and O–H groups in total. The molecule has 1 aromatic heterocycles. The van der Waals surface area contributed by atoms with E-state index in [2.05, 4.69) is 23.5 Å². The summed E-state index contributed by atoms with van der Waals surface area (Å²) in [6.07, 6.45) is 1.57. The number of aromatic nitrogens is 1. The monoisotopic (exact) mass is 232 g/mol. The first-order valence-corrected chi connectivity index (χ1v) is 5.53. The van der Waals surface area contributed by atoms with Crippen LogP contribution in [0.2, 0.25) is 0 Å². The number of nitrogens with one attached hydrogen (secondary N) is 1. The molecular formula is C13H16N2O2. The summed E-state index contributed by atoms with van der Waals surface area (Å²) in [4.78, 5) is 0. The molecule has 90 valence electrons. The van der Waals surface area contributed by atoms with Crippen molar-refractivity contribution in [2.24, 2.45) is 0 Å². The lowest BCUT2D eigenvalue weighted by atomic mass is 10.1. The van der Waals surface area contributed by atoms with E-state index < -0.39 is 0 Å². The molecule has 0 saturated carbocycles. The van der Waals surface area contributed by atoms with Gasteiger partial charge in [-0.2, -0.15) is 0 Å². The van der Waals surface area contributed by atoms with Crippen molar-refractivity contribution < 1.29 is 9.26 Å². The molecule has 2 aromatic rings. The van der Waals surface area contributed by atoms with Crippen molar-refractivity contribution in [1.29, 1.82) is 0 Å². The summed E-state index contributed by atoms with van der Waals surface area (Å²) in [5, 5.41) is 7.14. The second-order valence-electron chi connectivity index (χ2n) is 3.91. The highest BCUT2D eigenvalue weighted by atomic mass is 16.5. The van der Waals surface area contributed by atoms with Gasteiger partial charge in [-0.25, -0.2) is 0 Å². The number of aryl methyl sites for hydroxylation is 1. The number of ether oxygens (including phenoxy) is 1. The van der Waals surface area contributed by atoms with Gasteiger partial charge in [0, 0.05) is 24.7 Å². The van der Waals surface area contributed by atoms with Crippen molar-refractivity contribution in [2.75, 3.05) is 7.11 Å². The quantitative estimate of drug-likeness (QED) is 0.859. The first-order chi connectivity index (χ1) is 8.29. The maximum atomic E-state index is 5.31. The Morgan fingerprint density at radius 1 is 1.29 bits per heavy atom. The van der Waals surface area contributed by atoms with E-state index in [0.717, 1.165) is 23.6 Å². The van der Waals surface area contributed by atoms with Crippen LogP contribution in [0.3, 0.4) is 0 Å². The SMILES string of the molecule is COc1ccc(C)cc1CNCc1ccon1. The Morgan fingerprint density at radius 2 is 2.18 bits per heavy atom. The van der Waals surface area contributed by atoms with Gasteiger partial charge < -0.3 is 14.6 Å². The van der Waals surface area contributed by atoms with Gasteiger partial charge in [-0.05, 0) is 13.0 Å². The minimum absolute atomic E-state index is 0.688. The molecule has 0 bridgehead atoms. The average Bonchev–Trinajstić information content (AvgIpc) is 2.82. The van der Waals surface area contributed by atoms with Gasteiger partial charge in [0.1, 0.15) is 12.0 Å². The smallest absolute Gasteiger partial charge is 0.124 e. The average molecular weight is 232 g/mol.